The first kappa shape index (κ1) is 13.2. The van der Waals surface area contributed by atoms with Crippen LogP contribution >= 0.6 is 0 Å². The Labute approximate surface area is 99.8 Å². The van der Waals surface area contributed by atoms with Crippen molar-refractivity contribution in [1.82, 2.24) is 4.98 Å². The molecule has 2 nitrogen and oxygen atoms in total. The quantitative estimate of drug-likeness (QED) is 0.720. The van der Waals surface area contributed by atoms with Crippen LogP contribution in [0.5, 0.6) is 0 Å². The predicted molar refractivity (Wildman–Crippen MR) is 68.3 cm³/mol. The van der Waals surface area contributed by atoms with Crippen LogP contribution in [0.25, 0.3) is 0 Å². The van der Waals surface area contributed by atoms with Crippen LogP contribution in [0.1, 0.15) is 33.3 Å². The van der Waals surface area contributed by atoms with Gasteiger partial charge >= 0.3 is 0 Å². The molecule has 86 valence electrons. The summed E-state index contributed by atoms with van der Waals surface area (Å²) < 4.78 is 5.37. The molecule has 0 aromatic carbocycles. The number of ether oxygens (including phenoxy) is 1. The fraction of sp³-hybridized carbons (Fsp3) is 0.615. The number of methoxy groups -OCH3 is 1. The molecule has 3 heteroatoms. The fourth-order valence-electron chi connectivity index (χ4n) is 1.81. The lowest BCUT2D eigenvalue weighted by molar-refractivity contribution is 0.0690. The highest BCUT2D eigenvalue weighted by Crippen LogP contribution is 2.40. The van der Waals surface area contributed by atoms with E-state index in [1.54, 1.807) is 13.3 Å². The number of nitrogens with zero attached hydrogens (tertiary/aromatic N) is 1. The summed E-state index contributed by atoms with van der Waals surface area (Å²) in [4.78, 5) is 4.03. The summed E-state index contributed by atoms with van der Waals surface area (Å²) in [5, 5.41) is 0. The Hall–Kier alpha value is -0.825. The molecule has 1 aromatic heterocycles. The Balaban J connectivity index is 3.21. The van der Waals surface area contributed by atoms with Gasteiger partial charge in [-0.25, -0.2) is 0 Å². The van der Waals surface area contributed by atoms with Gasteiger partial charge in [-0.2, -0.15) is 0 Å². The van der Waals surface area contributed by atoms with Crippen LogP contribution in [0.2, 0.25) is 0 Å². The van der Waals surface area contributed by atoms with Gasteiger partial charge in [-0.05, 0) is 28.7 Å². The van der Waals surface area contributed by atoms with Crippen molar-refractivity contribution in [3.05, 3.63) is 23.9 Å². The molecule has 0 aliphatic rings. The van der Waals surface area contributed by atoms with E-state index < -0.39 is 0 Å². The molecule has 0 fully saturated rings. The van der Waals surface area contributed by atoms with Crippen molar-refractivity contribution < 1.29 is 4.74 Å². The Bertz CT molecular complexity index is 359. The van der Waals surface area contributed by atoms with Gasteiger partial charge in [0.2, 0.25) is 0 Å². The van der Waals surface area contributed by atoms with Gasteiger partial charge in [0.1, 0.15) is 7.85 Å². The van der Waals surface area contributed by atoms with Gasteiger partial charge in [0.05, 0.1) is 6.61 Å². The minimum absolute atomic E-state index is 0.0706. The molecule has 0 aliphatic heterocycles. The summed E-state index contributed by atoms with van der Waals surface area (Å²) in [6, 6.07) is 3.95. The molecule has 1 aromatic rings. The molecule has 0 amide bonds. The lowest BCUT2D eigenvalue weighted by Crippen LogP contribution is -2.41. The van der Waals surface area contributed by atoms with E-state index in [2.05, 4.69) is 32.7 Å². The molecule has 2 radical (unpaired) electrons. The van der Waals surface area contributed by atoms with Crippen molar-refractivity contribution >= 4 is 13.4 Å². The Morgan fingerprint density at radius 3 is 2.38 bits per heavy atom. The third-order valence-electron chi connectivity index (χ3n) is 3.51. The monoisotopic (exact) mass is 217 g/mol. The first-order chi connectivity index (χ1) is 7.31. The van der Waals surface area contributed by atoms with E-state index in [4.69, 9.17) is 12.6 Å². The Kier molecular flexibility index (Phi) is 3.79. The van der Waals surface area contributed by atoms with Gasteiger partial charge < -0.3 is 4.74 Å². The minimum atomic E-state index is -0.0706. The summed E-state index contributed by atoms with van der Waals surface area (Å²) in [7, 11) is 7.47. The lowest BCUT2D eigenvalue weighted by Gasteiger charge is -2.42. The Morgan fingerprint density at radius 2 is 1.94 bits per heavy atom. The number of aromatic nitrogens is 1. The molecular formula is C13H20BNO. The van der Waals surface area contributed by atoms with Gasteiger partial charge in [-0.1, -0.05) is 27.7 Å². The van der Waals surface area contributed by atoms with Gasteiger partial charge in [0, 0.05) is 18.7 Å². The molecule has 1 unspecified atom stereocenters. The maximum absolute atomic E-state index is 5.74. The summed E-state index contributed by atoms with van der Waals surface area (Å²) in [5.41, 5.74) is 1.76. The Morgan fingerprint density at radius 1 is 1.31 bits per heavy atom. The molecule has 16 heavy (non-hydrogen) atoms. The molecule has 0 saturated carbocycles. The minimum Gasteiger partial charge on any atom is -0.384 e. The summed E-state index contributed by atoms with van der Waals surface area (Å²) >= 11 is 0. The van der Waals surface area contributed by atoms with Crippen molar-refractivity contribution in [2.24, 2.45) is 5.41 Å². The van der Waals surface area contributed by atoms with Crippen molar-refractivity contribution in [3.63, 3.8) is 0 Å². The smallest absolute Gasteiger partial charge is 0.141 e. The zero-order chi connectivity index (χ0) is 12.4. The number of hydrogen-bond donors (Lipinski definition) is 0. The van der Waals surface area contributed by atoms with E-state index in [0.717, 1.165) is 0 Å². The van der Waals surface area contributed by atoms with E-state index in [1.807, 2.05) is 12.1 Å². The van der Waals surface area contributed by atoms with E-state index in [0.29, 0.717) is 12.2 Å². The summed E-state index contributed by atoms with van der Waals surface area (Å²) in [6.07, 6.45) is 1.75. The fourth-order valence-corrected chi connectivity index (χ4v) is 1.81. The normalized spacial score (nSPS) is 15.8. The first-order valence-corrected chi connectivity index (χ1v) is 5.52. The van der Waals surface area contributed by atoms with Gasteiger partial charge in [-0.3, -0.25) is 4.98 Å². The standard InChI is InChI=1S/C13H20BNO/c1-12(2,3)13(4,9-16-5)10-6-7-15-11(14)8-10/h6-8H,9H2,1-5H3. The molecule has 1 heterocycles. The van der Waals surface area contributed by atoms with Crippen LogP contribution in [0.15, 0.2) is 18.3 Å². The van der Waals surface area contributed by atoms with Crippen LogP contribution in [-0.4, -0.2) is 26.5 Å². The zero-order valence-electron chi connectivity index (χ0n) is 10.9. The van der Waals surface area contributed by atoms with E-state index >= 15 is 0 Å². The van der Waals surface area contributed by atoms with Crippen LogP contribution in [0.3, 0.4) is 0 Å². The maximum atomic E-state index is 5.74. The molecule has 1 atom stereocenters. The third kappa shape index (κ3) is 2.46. The van der Waals surface area contributed by atoms with E-state index in [-0.39, 0.29) is 10.8 Å². The van der Waals surface area contributed by atoms with E-state index in [9.17, 15) is 0 Å². The maximum Gasteiger partial charge on any atom is 0.141 e. The number of hydrogen-bond acceptors (Lipinski definition) is 2. The summed E-state index contributed by atoms with van der Waals surface area (Å²) in [6.45, 7) is 9.50. The van der Waals surface area contributed by atoms with E-state index in [1.165, 1.54) is 5.56 Å². The van der Waals surface area contributed by atoms with Crippen molar-refractivity contribution in [1.29, 1.82) is 0 Å². The SMILES string of the molecule is [B]c1cc(C(C)(COC)C(C)(C)C)ccn1. The number of rotatable bonds is 3. The first-order valence-electron chi connectivity index (χ1n) is 5.52. The molecule has 1 rings (SSSR count). The van der Waals surface area contributed by atoms with Crippen molar-refractivity contribution in [2.45, 2.75) is 33.1 Å². The van der Waals surface area contributed by atoms with Crippen LogP contribution < -0.4 is 5.59 Å². The largest absolute Gasteiger partial charge is 0.384 e. The second-order valence-electron chi connectivity index (χ2n) is 5.48. The van der Waals surface area contributed by atoms with Crippen LogP contribution in [0.4, 0.5) is 0 Å². The van der Waals surface area contributed by atoms with Crippen LogP contribution in [-0.2, 0) is 10.2 Å². The topological polar surface area (TPSA) is 22.1 Å². The molecule has 0 saturated heterocycles. The molecule has 0 aliphatic carbocycles. The lowest BCUT2D eigenvalue weighted by atomic mass is 9.64. The average Bonchev–Trinajstić information content (AvgIpc) is 2.16. The zero-order valence-corrected chi connectivity index (χ0v) is 10.9. The highest BCUT2D eigenvalue weighted by molar-refractivity contribution is 6.30. The molecular weight excluding hydrogens is 197 g/mol. The van der Waals surface area contributed by atoms with Gasteiger partial charge in [0.25, 0.3) is 0 Å². The van der Waals surface area contributed by atoms with Crippen LogP contribution in [0, 0.1) is 5.41 Å². The van der Waals surface area contributed by atoms with Crippen molar-refractivity contribution in [3.8, 4) is 0 Å². The number of pyridine rings is 1. The second kappa shape index (κ2) is 4.58. The van der Waals surface area contributed by atoms with Crippen molar-refractivity contribution in [2.75, 3.05) is 13.7 Å². The highest BCUT2D eigenvalue weighted by atomic mass is 16.5. The molecule has 0 bridgehead atoms. The molecule has 0 N–H and O–H groups in total. The second-order valence-corrected chi connectivity index (χ2v) is 5.48. The highest BCUT2D eigenvalue weighted by Gasteiger charge is 2.39. The van der Waals surface area contributed by atoms with Gasteiger partial charge in [-0.15, -0.1) is 0 Å². The summed E-state index contributed by atoms with van der Waals surface area (Å²) in [5.74, 6) is 0. The van der Waals surface area contributed by atoms with Gasteiger partial charge in [0.15, 0.2) is 0 Å². The molecule has 0 spiro atoms. The predicted octanol–water partition coefficient (Wildman–Crippen LogP) is 1.83. The third-order valence-corrected chi connectivity index (χ3v) is 3.51. The average molecular weight is 217 g/mol.